The molecule has 3 heterocycles. The van der Waals surface area contributed by atoms with Crippen LogP contribution in [0.3, 0.4) is 0 Å². The average molecular weight is 471 g/mol. The molecular weight excluding hydrogens is 448 g/mol. The van der Waals surface area contributed by atoms with Crippen LogP contribution in [0, 0.1) is 0 Å². The Morgan fingerprint density at radius 2 is 1.67 bits per heavy atom. The largest absolute Gasteiger partial charge is 0.423 e. The summed E-state index contributed by atoms with van der Waals surface area (Å²) >= 11 is 0. The summed E-state index contributed by atoms with van der Waals surface area (Å²) in [6.07, 6.45) is 1.46. The maximum atomic E-state index is 12.7. The van der Waals surface area contributed by atoms with Crippen molar-refractivity contribution in [1.29, 1.82) is 0 Å². The molecule has 3 aromatic rings. The fourth-order valence-corrected chi connectivity index (χ4v) is 4.93. The molecule has 33 heavy (non-hydrogen) atoms. The summed E-state index contributed by atoms with van der Waals surface area (Å²) in [6, 6.07) is 18.5. The molecule has 2 aromatic carbocycles. The Morgan fingerprint density at radius 3 is 2.27 bits per heavy atom. The van der Waals surface area contributed by atoms with Gasteiger partial charge in [0.25, 0.3) is 0 Å². The Kier molecular flexibility index (Phi) is 5.60. The number of rotatable bonds is 7. The Balaban J connectivity index is 1.36. The first-order valence-corrected chi connectivity index (χ1v) is 11.9. The maximum absolute atomic E-state index is 12.7. The van der Waals surface area contributed by atoms with Gasteiger partial charge in [-0.1, -0.05) is 60.7 Å². The van der Waals surface area contributed by atoms with Crippen molar-refractivity contribution in [1.82, 2.24) is 20.2 Å². The lowest BCUT2D eigenvalue weighted by Crippen LogP contribution is -2.35. The lowest BCUT2D eigenvalue weighted by atomic mass is 9.88. The monoisotopic (exact) mass is 470 g/mol. The van der Waals surface area contributed by atoms with Crippen molar-refractivity contribution < 1.29 is 26.5 Å². The molecule has 2 bridgehead atoms. The van der Waals surface area contributed by atoms with E-state index in [1.807, 2.05) is 36.4 Å². The minimum absolute atomic E-state index is 0.0171. The van der Waals surface area contributed by atoms with Crippen LogP contribution in [0.2, 0.25) is 0 Å². The highest BCUT2D eigenvalue weighted by molar-refractivity contribution is 7.80. The van der Waals surface area contributed by atoms with E-state index in [2.05, 4.69) is 38.7 Å². The molecule has 1 N–H and O–H groups in total. The number of piperidine rings is 1. The number of carbonyl (C=O) groups is 1. The molecule has 0 unspecified atom stereocenters. The number of hydrogen-bond acceptors (Lipinski definition) is 7. The minimum atomic E-state index is -4.80. The van der Waals surface area contributed by atoms with Crippen LogP contribution in [0.4, 0.5) is 4.79 Å². The van der Waals surface area contributed by atoms with Gasteiger partial charge in [-0.05, 0) is 24.0 Å². The van der Waals surface area contributed by atoms with Gasteiger partial charge >= 0.3 is 16.4 Å². The first kappa shape index (κ1) is 21.6. The molecule has 5 rings (SSSR count). The third kappa shape index (κ3) is 4.47. The standard InChI is InChI=1S/C22H22N4O6S/c27-22-25-14-17(26(22)32-33(28,29)30)11-12-19(25)21-24-23-20(31-21)13-18(15-7-3-1-4-8-15)16-9-5-2-6-10-16/h1-10,17-19H,11-14H2,(H,28,29,30)/t17-,19+/m1/s1. The third-order valence-corrected chi connectivity index (χ3v) is 6.40. The van der Waals surface area contributed by atoms with Crippen molar-refractivity contribution in [3.05, 3.63) is 83.6 Å². The average Bonchev–Trinajstić information content (AvgIpc) is 3.37. The van der Waals surface area contributed by atoms with Gasteiger partial charge in [-0.2, -0.15) is 13.5 Å². The maximum Gasteiger partial charge on any atom is 0.418 e. The molecule has 0 spiro atoms. The lowest BCUT2D eigenvalue weighted by molar-refractivity contribution is -0.0317. The second kappa shape index (κ2) is 8.58. The van der Waals surface area contributed by atoms with Crippen LogP contribution in [0.15, 0.2) is 65.1 Å². The van der Waals surface area contributed by atoms with E-state index in [0.717, 1.165) is 11.1 Å². The van der Waals surface area contributed by atoms with Gasteiger partial charge in [0.05, 0.1) is 6.04 Å². The number of carbonyl (C=O) groups excluding carboxylic acids is 1. The quantitative estimate of drug-likeness (QED) is 0.522. The predicted octanol–water partition coefficient (Wildman–Crippen LogP) is 3.12. The zero-order chi connectivity index (χ0) is 23.0. The van der Waals surface area contributed by atoms with Crippen LogP contribution in [0.1, 0.15) is 47.7 Å². The first-order chi connectivity index (χ1) is 15.9. The van der Waals surface area contributed by atoms with Gasteiger partial charge in [-0.15, -0.1) is 14.5 Å². The van der Waals surface area contributed by atoms with E-state index in [4.69, 9.17) is 8.97 Å². The van der Waals surface area contributed by atoms with E-state index < -0.39 is 28.5 Å². The van der Waals surface area contributed by atoms with E-state index in [-0.39, 0.29) is 12.5 Å². The Morgan fingerprint density at radius 1 is 1.03 bits per heavy atom. The second-order valence-electron chi connectivity index (χ2n) is 8.12. The van der Waals surface area contributed by atoms with Crippen molar-refractivity contribution in [2.75, 3.05) is 6.54 Å². The fourth-order valence-electron chi connectivity index (χ4n) is 4.55. The summed E-state index contributed by atoms with van der Waals surface area (Å²) in [5.74, 6) is 0.761. The van der Waals surface area contributed by atoms with Gasteiger partial charge in [0.2, 0.25) is 11.8 Å². The lowest BCUT2D eigenvalue weighted by Gasteiger charge is -2.27. The van der Waals surface area contributed by atoms with E-state index >= 15 is 0 Å². The molecule has 0 saturated carbocycles. The Hall–Kier alpha value is -3.28. The molecule has 2 aliphatic rings. The highest BCUT2D eigenvalue weighted by Gasteiger charge is 2.49. The molecule has 2 fully saturated rings. The van der Waals surface area contributed by atoms with Gasteiger partial charge in [0.1, 0.15) is 6.04 Å². The number of hydroxylamine groups is 2. The Bertz CT molecular complexity index is 1190. The van der Waals surface area contributed by atoms with Crippen LogP contribution < -0.4 is 0 Å². The van der Waals surface area contributed by atoms with Crippen molar-refractivity contribution in [2.45, 2.75) is 37.3 Å². The smallest absolute Gasteiger partial charge is 0.418 e. The molecule has 2 atom stereocenters. The van der Waals surface area contributed by atoms with Crippen molar-refractivity contribution in [2.24, 2.45) is 0 Å². The van der Waals surface area contributed by atoms with Gasteiger partial charge in [-0.25, -0.2) is 4.79 Å². The van der Waals surface area contributed by atoms with E-state index in [1.165, 1.54) is 4.90 Å². The molecule has 2 saturated heterocycles. The topological polar surface area (TPSA) is 126 Å². The molecule has 0 radical (unpaired) electrons. The summed E-state index contributed by atoms with van der Waals surface area (Å²) < 4.78 is 41.6. The van der Waals surface area contributed by atoms with Gasteiger partial charge in [0, 0.05) is 18.9 Å². The van der Waals surface area contributed by atoms with Crippen LogP contribution in [0.5, 0.6) is 0 Å². The molecule has 10 nitrogen and oxygen atoms in total. The fraction of sp³-hybridized carbons (Fsp3) is 0.318. The molecule has 172 valence electrons. The van der Waals surface area contributed by atoms with E-state index in [1.54, 1.807) is 0 Å². The number of urea groups is 1. The van der Waals surface area contributed by atoms with E-state index in [0.29, 0.717) is 36.1 Å². The van der Waals surface area contributed by atoms with Crippen molar-refractivity contribution >= 4 is 16.4 Å². The van der Waals surface area contributed by atoms with Crippen molar-refractivity contribution in [3.8, 4) is 0 Å². The highest BCUT2D eigenvalue weighted by atomic mass is 32.3. The summed E-state index contributed by atoms with van der Waals surface area (Å²) in [7, 11) is -4.80. The predicted molar refractivity (Wildman–Crippen MR) is 115 cm³/mol. The molecule has 2 aliphatic heterocycles. The van der Waals surface area contributed by atoms with Gasteiger partial charge in [-0.3, -0.25) is 4.55 Å². The Labute approximate surface area is 190 Å². The first-order valence-electron chi connectivity index (χ1n) is 10.6. The van der Waals surface area contributed by atoms with E-state index in [9.17, 15) is 13.2 Å². The minimum Gasteiger partial charge on any atom is -0.423 e. The van der Waals surface area contributed by atoms with Crippen LogP contribution >= 0.6 is 0 Å². The zero-order valence-electron chi connectivity index (χ0n) is 17.5. The summed E-state index contributed by atoms with van der Waals surface area (Å²) in [4.78, 5) is 14.1. The molecule has 0 aliphatic carbocycles. The number of aromatic nitrogens is 2. The number of benzene rings is 2. The SMILES string of the molecule is O=C1N2C[C@@H](CC[C@H]2c2nnc(CC(c3ccccc3)c3ccccc3)o2)N1OS(=O)(=O)O. The summed E-state index contributed by atoms with van der Waals surface area (Å²) in [5, 5.41) is 9.13. The third-order valence-electron chi connectivity index (χ3n) is 6.05. The van der Waals surface area contributed by atoms with Gasteiger partial charge in [0.15, 0.2) is 0 Å². The number of hydrogen-bond donors (Lipinski definition) is 1. The van der Waals surface area contributed by atoms with Crippen LogP contribution in [-0.4, -0.2) is 51.7 Å². The highest BCUT2D eigenvalue weighted by Crippen LogP contribution is 2.38. The number of fused-ring (bicyclic) bond motifs is 2. The van der Waals surface area contributed by atoms with Gasteiger partial charge < -0.3 is 9.32 Å². The normalized spacial score (nSPS) is 20.6. The summed E-state index contributed by atoms with van der Waals surface area (Å²) in [5.41, 5.74) is 2.24. The van der Waals surface area contributed by atoms with Crippen LogP contribution in [-0.2, 0) is 21.1 Å². The zero-order valence-corrected chi connectivity index (χ0v) is 18.3. The molecule has 11 heteroatoms. The van der Waals surface area contributed by atoms with Crippen molar-refractivity contribution in [3.63, 3.8) is 0 Å². The number of amides is 2. The second-order valence-corrected chi connectivity index (χ2v) is 9.13. The molecule has 1 aromatic heterocycles. The molecular formula is C22H22N4O6S. The summed E-state index contributed by atoms with van der Waals surface area (Å²) in [6.45, 7) is 0.243. The molecule has 2 amide bonds. The number of nitrogens with zero attached hydrogens (tertiary/aromatic N) is 4. The van der Waals surface area contributed by atoms with Crippen LogP contribution in [0.25, 0.3) is 0 Å².